The van der Waals surface area contributed by atoms with Crippen LogP contribution < -0.4 is 5.32 Å². The summed E-state index contributed by atoms with van der Waals surface area (Å²) in [6.45, 7) is 3.74. The van der Waals surface area contributed by atoms with Crippen molar-refractivity contribution in [3.05, 3.63) is 53.9 Å². The van der Waals surface area contributed by atoms with Gasteiger partial charge in [-0.15, -0.1) is 5.10 Å². The molecule has 0 fully saturated rings. The molecule has 0 unspecified atom stereocenters. The number of carbonyl (C=O) groups is 1. The fraction of sp³-hybridized carbons (Fsp3) is 0.353. The molecule has 3 aromatic rings. The Morgan fingerprint density at radius 1 is 1.32 bits per heavy atom. The van der Waals surface area contributed by atoms with Gasteiger partial charge in [0.15, 0.2) is 5.82 Å². The van der Waals surface area contributed by atoms with Gasteiger partial charge in [-0.05, 0) is 38.0 Å². The van der Waals surface area contributed by atoms with Gasteiger partial charge < -0.3 is 9.84 Å². The SMILES string of the molecule is Cc1noc(CCCC(=O)N[C@@H](C)c2ccc(-n3ccnn3)cc2)n1. The molecule has 130 valence electrons. The van der Waals surface area contributed by atoms with E-state index >= 15 is 0 Å². The molecule has 8 heteroatoms. The highest BCUT2D eigenvalue weighted by Crippen LogP contribution is 2.15. The molecule has 0 aliphatic heterocycles. The van der Waals surface area contributed by atoms with Crippen LogP contribution in [0.4, 0.5) is 0 Å². The number of rotatable bonds is 7. The third-order valence-electron chi connectivity index (χ3n) is 3.82. The molecule has 0 radical (unpaired) electrons. The Labute approximate surface area is 145 Å². The predicted octanol–water partition coefficient (Wildman–Crippen LogP) is 2.16. The van der Waals surface area contributed by atoms with Crippen LogP contribution in [0.3, 0.4) is 0 Å². The van der Waals surface area contributed by atoms with E-state index in [4.69, 9.17) is 4.52 Å². The van der Waals surface area contributed by atoms with E-state index in [0.29, 0.717) is 31.0 Å². The molecule has 3 rings (SSSR count). The number of carbonyl (C=O) groups excluding carboxylic acids is 1. The zero-order valence-corrected chi connectivity index (χ0v) is 14.2. The molecular weight excluding hydrogens is 320 g/mol. The molecule has 8 nitrogen and oxygen atoms in total. The van der Waals surface area contributed by atoms with Gasteiger partial charge in [-0.3, -0.25) is 4.79 Å². The molecule has 2 heterocycles. The minimum atomic E-state index is -0.0667. The van der Waals surface area contributed by atoms with Gasteiger partial charge in [0.2, 0.25) is 11.8 Å². The van der Waals surface area contributed by atoms with Crippen molar-refractivity contribution < 1.29 is 9.32 Å². The standard InChI is InChI=1S/C17H20N6O2/c1-12(14-6-8-15(9-7-14)23-11-10-18-22-23)19-16(24)4-3-5-17-20-13(2)21-25-17/h6-12H,3-5H2,1-2H3,(H,19,24)/t12-/m0/s1. The number of amides is 1. The number of aryl methyl sites for hydroxylation is 2. The lowest BCUT2D eigenvalue weighted by Gasteiger charge is -2.14. The molecular formula is C17H20N6O2. The van der Waals surface area contributed by atoms with Crippen LogP contribution in [0.25, 0.3) is 5.69 Å². The highest BCUT2D eigenvalue weighted by molar-refractivity contribution is 5.76. The Bertz CT molecular complexity index is 810. The van der Waals surface area contributed by atoms with Gasteiger partial charge in [-0.1, -0.05) is 22.5 Å². The quantitative estimate of drug-likeness (QED) is 0.707. The second-order valence-electron chi connectivity index (χ2n) is 5.82. The Balaban J connectivity index is 1.47. The lowest BCUT2D eigenvalue weighted by atomic mass is 10.1. The molecule has 1 atom stereocenters. The van der Waals surface area contributed by atoms with Gasteiger partial charge in [0, 0.05) is 12.8 Å². The molecule has 1 aromatic carbocycles. The fourth-order valence-electron chi connectivity index (χ4n) is 2.50. The summed E-state index contributed by atoms with van der Waals surface area (Å²) in [5, 5.41) is 14.5. The summed E-state index contributed by atoms with van der Waals surface area (Å²) in [6, 6.07) is 7.78. The molecule has 2 aromatic heterocycles. The molecule has 0 aliphatic carbocycles. The summed E-state index contributed by atoms with van der Waals surface area (Å²) in [5.41, 5.74) is 1.96. The normalized spacial score (nSPS) is 12.1. The molecule has 1 amide bonds. The maximum atomic E-state index is 12.1. The summed E-state index contributed by atoms with van der Waals surface area (Å²) in [5.74, 6) is 1.19. The van der Waals surface area contributed by atoms with Crippen molar-refractivity contribution in [1.29, 1.82) is 0 Å². The van der Waals surface area contributed by atoms with E-state index in [9.17, 15) is 4.79 Å². The van der Waals surface area contributed by atoms with E-state index < -0.39 is 0 Å². The zero-order valence-electron chi connectivity index (χ0n) is 14.2. The van der Waals surface area contributed by atoms with Crippen LogP contribution in [-0.2, 0) is 11.2 Å². The fourth-order valence-corrected chi connectivity index (χ4v) is 2.50. The Hall–Kier alpha value is -3.03. The van der Waals surface area contributed by atoms with Crippen molar-refractivity contribution in [3.63, 3.8) is 0 Å². The van der Waals surface area contributed by atoms with Gasteiger partial charge in [-0.25, -0.2) is 4.68 Å². The third-order valence-corrected chi connectivity index (χ3v) is 3.82. The van der Waals surface area contributed by atoms with Crippen LogP contribution in [0.15, 0.2) is 41.2 Å². The maximum Gasteiger partial charge on any atom is 0.226 e. The second-order valence-corrected chi connectivity index (χ2v) is 5.82. The number of hydrogen-bond acceptors (Lipinski definition) is 6. The van der Waals surface area contributed by atoms with Crippen molar-refractivity contribution in [1.82, 2.24) is 30.5 Å². The van der Waals surface area contributed by atoms with Crippen LogP contribution in [0.5, 0.6) is 0 Å². The average Bonchev–Trinajstić information content (AvgIpc) is 3.27. The lowest BCUT2D eigenvalue weighted by Crippen LogP contribution is -2.26. The van der Waals surface area contributed by atoms with E-state index in [2.05, 4.69) is 25.8 Å². The predicted molar refractivity (Wildman–Crippen MR) is 89.9 cm³/mol. The Kier molecular flexibility index (Phi) is 5.17. The topological polar surface area (TPSA) is 98.7 Å². The maximum absolute atomic E-state index is 12.1. The minimum Gasteiger partial charge on any atom is -0.350 e. The Morgan fingerprint density at radius 2 is 2.12 bits per heavy atom. The van der Waals surface area contributed by atoms with E-state index in [-0.39, 0.29) is 11.9 Å². The molecule has 1 N–H and O–H groups in total. The van der Waals surface area contributed by atoms with Gasteiger partial charge in [-0.2, -0.15) is 4.98 Å². The van der Waals surface area contributed by atoms with Crippen LogP contribution in [0.2, 0.25) is 0 Å². The summed E-state index contributed by atoms with van der Waals surface area (Å²) >= 11 is 0. The first-order valence-electron chi connectivity index (χ1n) is 8.17. The molecule has 0 aliphatic rings. The first kappa shape index (κ1) is 16.8. The molecule has 0 saturated heterocycles. The first-order chi connectivity index (χ1) is 12.1. The minimum absolute atomic E-state index is 0.00379. The van der Waals surface area contributed by atoms with Crippen molar-refractivity contribution in [2.24, 2.45) is 0 Å². The van der Waals surface area contributed by atoms with E-state index in [1.807, 2.05) is 31.2 Å². The molecule has 0 spiro atoms. The van der Waals surface area contributed by atoms with Crippen LogP contribution in [0.1, 0.15) is 43.1 Å². The van der Waals surface area contributed by atoms with Gasteiger partial charge in [0.05, 0.1) is 24.1 Å². The van der Waals surface area contributed by atoms with Crippen LogP contribution in [-0.4, -0.2) is 31.0 Å². The third kappa shape index (κ3) is 4.50. The van der Waals surface area contributed by atoms with E-state index in [0.717, 1.165) is 11.3 Å². The summed E-state index contributed by atoms with van der Waals surface area (Å²) in [6.07, 6.45) is 5.11. The van der Waals surface area contributed by atoms with Gasteiger partial charge >= 0.3 is 0 Å². The second kappa shape index (κ2) is 7.69. The average molecular weight is 340 g/mol. The largest absolute Gasteiger partial charge is 0.350 e. The smallest absolute Gasteiger partial charge is 0.226 e. The molecule has 0 bridgehead atoms. The number of benzene rings is 1. The van der Waals surface area contributed by atoms with Crippen molar-refractivity contribution in [3.8, 4) is 5.69 Å². The number of aromatic nitrogens is 5. The summed E-state index contributed by atoms with van der Waals surface area (Å²) in [4.78, 5) is 16.2. The highest BCUT2D eigenvalue weighted by Gasteiger charge is 2.11. The monoisotopic (exact) mass is 340 g/mol. The van der Waals surface area contributed by atoms with Gasteiger partial charge in [0.25, 0.3) is 0 Å². The van der Waals surface area contributed by atoms with Crippen molar-refractivity contribution in [2.45, 2.75) is 39.2 Å². The van der Waals surface area contributed by atoms with E-state index in [1.54, 1.807) is 24.0 Å². The Morgan fingerprint density at radius 3 is 2.76 bits per heavy atom. The van der Waals surface area contributed by atoms with Crippen molar-refractivity contribution >= 4 is 5.91 Å². The van der Waals surface area contributed by atoms with E-state index in [1.165, 1.54) is 0 Å². The van der Waals surface area contributed by atoms with Crippen LogP contribution >= 0.6 is 0 Å². The highest BCUT2D eigenvalue weighted by atomic mass is 16.5. The lowest BCUT2D eigenvalue weighted by molar-refractivity contribution is -0.121. The summed E-state index contributed by atoms with van der Waals surface area (Å²) in [7, 11) is 0. The number of hydrogen-bond donors (Lipinski definition) is 1. The van der Waals surface area contributed by atoms with Gasteiger partial charge in [0.1, 0.15) is 0 Å². The van der Waals surface area contributed by atoms with Crippen molar-refractivity contribution in [2.75, 3.05) is 0 Å². The first-order valence-corrected chi connectivity index (χ1v) is 8.17. The number of nitrogens with zero attached hydrogens (tertiary/aromatic N) is 5. The molecule has 25 heavy (non-hydrogen) atoms. The molecule has 0 saturated carbocycles. The summed E-state index contributed by atoms with van der Waals surface area (Å²) < 4.78 is 6.72. The number of nitrogens with one attached hydrogen (secondary N) is 1. The zero-order chi connectivity index (χ0) is 17.6. The van der Waals surface area contributed by atoms with Crippen LogP contribution in [0, 0.1) is 6.92 Å².